The van der Waals surface area contributed by atoms with Crippen molar-refractivity contribution in [1.82, 2.24) is 14.5 Å². The van der Waals surface area contributed by atoms with Gasteiger partial charge in [-0.1, -0.05) is 74.5 Å². The minimum atomic E-state index is 0.249. The molecule has 6 aromatic rings. The fraction of sp³-hybridized carbons (Fsp3) is 0.143. The third-order valence-corrected chi connectivity index (χ3v) is 6.26. The molecule has 0 aliphatic rings. The van der Waals surface area contributed by atoms with Crippen molar-refractivity contribution < 1.29 is 0 Å². The molecule has 31 heavy (non-hydrogen) atoms. The highest BCUT2D eigenvalue weighted by Gasteiger charge is 2.19. The van der Waals surface area contributed by atoms with Crippen molar-refractivity contribution in [2.45, 2.75) is 19.8 Å². The van der Waals surface area contributed by atoms with Crippen LogP contribution in [-0.4, -0.2) is 14.5 Å². The first-order chi connectivity index (χ1) is 15.1. The van der Waals surface area contributed by atoms with Crippen LogP contribution in [0.15, 0.2) is 78.9 Å². The van der Waals surface area contributed by atoms with Crippen LogP contribution in [0.5, 0.6) is 0 Å². The lowest BCUT2D eigenvalue weighted by Crippen LogP contribution is -2.02. The molecule has 0 bridgehead atoms. The van der Waals surface area contributed by atoms with E-state index in [0.29, 0.717) is 0 Å². The van der Waals surface area contributed by atoms with Crippen LogP contribution >= 0.6 is 0 Å². The van der Waals surface area contributed by atoms with Crippen LogP contribution in [0.3, 0.4) is 0 Å². The first kappa shape index (κ1) is 18.1. The number of aromatic nitrogens is 3. The molecule has 2 heterocycles. The van der Waals surface area contributed by atoms with Crippen molar-refractivity contribution in [1.29, 1.82) is 0 Å². The van der Waals surface area contributed by atoms with Crippen LogP contribution in [0.25, 0.3) is 54.7 Å². The first-order valence-electron chi connectivity index (χ1n) is 10.8. The number of fused-ring (bicyclic) bond motifs is 5. The number of rotatable bonds is 2. The maximum Gasteiger partial charge on any atom is 0.132 e. The topological polar surface area (TPSA) is 30.7 Å². The van der Waals surface area contributed by atoms with Crippen molar-refractivity contribution in [3.05, 3.63) is 84.7 Å². The van der Waals surface area contributed by atoms with E-state index in [1.54, 1.807) is 0 Å². The lowest BCUT2D eigenvalue weighted by atomic mass is 10.0. The molecule has 0 fully saturated rings. The van der Waals surface area contributed by atoms with Crippen LogP contribution in [0.4, 0.5) is 0 Å². The summed E-state index contributed by atoms with van der Waals surface area (Å²) in [6, 6.07) is 28.2. The van der Waals surface area contributed by atoms with Gasteiger partial charge in [0.2, 0.25) is 0 Å². The number of hydrogen-bond acceptors (Lipinski definition) is 2. The van der Waals surface area contributed by atoms with E-state index in [9.17, 15) is 0 Å². The predicted octanol–water partition coefficient (Wildman–Crippen LogP) is 7.22. The first-order valence-corrected chi connectivity index (χ1v) is 10.8. The Hall–Kier alpha value is -3.72. The van der Waals surface area contributed by atoms with E-state index >= 15 is 0 Å². The van der Waals surface area contributed by atoms with E-state index < -0.39 is 0 Å². The van der Waals surface area contributed by atoms with E-state index in [4.69, 9.17) is 9.97 Å². The normalized spacial score (nSPS) is 12.0. The summed E-state index contributed by atoms with van der Waals surface area (Å²) in [6.45, 7) is 4.32. The van der Waals surface area contributed by atoms with Crippen molar-refractivity contribution in [3.8, 4) is 11.3 Å². The van der Waals surface area contributed by atoms with Crippen LogP contribution in [0.2, 0.25) is 0 Å². The third-order valence-electron chi connectivity index (χ3n) is 6.26. The summed E-state index contributed by atoms with van der Waals surface area (Å²) in [6.07, 6.45) is 0. The van der Waals surface area contributed by atoms with Gasteiger partial charge in [0.1, 0.15) is 11.3 Å². The SMILES string of the molecule is CC(C)c1nc(-c2ccc3ccccc3c2)c2c(n1)c1cc3ccccc3cc1n2C. The van der Waals surface area contributed by atoms with E-state index in [-0.39, 0.29) is 5.92 Å². The molecule has 0 atom stereocenters. The maximum absolute atomic E-state index is 5.07. The number of aryl methyl sites for hydroxylation is 1. The molecular formula is C28H23N3. The van der Waals surface area contributed by atoms with Crippen molar-refractivity contribution in [3.63, 3.8) is 0 Å². The molecule has 0 amide bonds. The molecule has 0 radical (unpaired) electrons. The fourth-order valence-electron chi connectivity index (χ4n) is 4.59. The smallest absolute Gasteiger partial charge is 0.132 e. The summed E-state index contributed by atoms with van der Waals surface area (Å²) in [7, 11) is 2.13. The molecule has 3 heteroatoms. The van der Waals surface area contributed by atoms with E-state index in [2.05, 4.69) is 104 Å². The Labute approximate surface area is 181 Å². The third kappa shape index (κ3) is 2.73. The maximum atomic E-state index is 5.07. The van der Waals surface area contributed by atoms with Crippen molar-refractivity contribution in [2.24, 2.45) is 7.05 Å². The van der Waals surface area contributed by atoms with Gasteiger partial charge in [0, 0.05) is 23.9 Å². The molecule has 2 aromatic heterocycles. The number of nitrogens with zero attached hydrogens (tertiary/aromatic N) is 3. The Balaban J connectivity index is 1.76. The van der Waals surface area contributed by atoms with E-state index in [1.165, 1.54) is 32.4 Å². The van der Waals surface area contributed by atoms with Crippen molar-refractivity contribution in [2.75, 3.05) is 0 Å². The van der Waals surface area contributed by atoms with Crippen molar-refractivity contribution >= 4 is 43.5 Å². The summed E-state index contributed by atoms with van der Waals surface area (Å²) in [4.78, 5) is 10.1. The van der Waals surface area contributed by atoms with Gasteiger partial charge in [-0.05, 0) is 39.7 Å². The zero-order valence-corrected chi connectivity index (χ0v) is 17.9. The monoisotopic (exact) mass is 401 g/mol. The molecule has 4 aromatic carbocycles. The zero-order valence-electron chi connectivity index (χ0n) is 17.9. The summed E-state index contributed by atoms with van der Waals surface area (Å²) >= 11 is 0. The van der Waals surface area contributed by atoms with Gasteiger partial charge >= 0.3 is 0 Å². The Morgan fingerprint density at radius 3 is 2.06 bits per heavy atom. The minimum absolute atomic E-state index is 0.249. The second-order valence-electron chi connectivity index (χ2n) is 8.62. The van der Waals surface area contributed by atoms with Gasteiger partial charge in [-0.25, -0.2) is 9.97 Å². The molecular weight excluding hydrogens is 378 g/mol. The van der Waals surface area contributed by atoms with Gasteiger partial charge in [-0.15, -0.1) is 0 Å². The van der Waals surface area contributed by atoms with Gasteiger partial charge in [0.15, 0.2) is 0 Å². The molecule has 150 valence electrons. The highest BCUT2D eigenvalue weighted by Crippen LogP contribution is 2.36. The number of benzene rings is 4. The van der Waals surface area contributed by atoms with Gasteiger partial charge in [0.25, 0.3) is 0 Å². The molecule has 0 N–H and O–H groups in total. The number of hydrogen-bond donors (Lipinski definition) is 0. The second kappa shape index (κ2) is 6.64. The van der Waals surface area contributed by atoms with Gasteiger partial charge in [-0.2, -0.15) is 0 Å². The molecule has 0 saturated heterocycles. The lowest BCUT2D eigenvalue weighted by Gasteiger charge is -2.11. The molecule has 0 aliphatic heterocycles. The Morgan fingerprint density at radius 2 is 1.35 bits per heavy atom. The lowest BCUT2D eigenvalue weighted by molar-refractivity contribution is 0.783. The standard InChI is InChI=1S/C28H23N3/c1-17(2)28-29-25(22-13-12-18-8-4-5-9-19(18)14-22)27-26(30-28)23-15-20-10-6-7-11-21(20)16-24(23)31(27)3/h4-17H,1-3H3. The van der Waals surface area contributed by atoms with E-state index in [1.807, 2.05) is 0 Å². The summed E-state index contributed by atoms with van der Waals surface area (Å²) in [5, 5.41) is 6.12. The van der Waals surface area contributed by atoms with Crippen LogP contribution < -0.4 is 0 Å². The average molecular weight is 402 g/mol. The molecule has 0 saturated carbocycles. The molecule has 0 unspecified atom stereocenters. The van der Waals surface area contributed by atoms with Crippen LogP contribution in [0.1, 0.15) is 25.6 Å². The van der Waals surface area contributed by atoms with Gasteiger partial charge in [-0.3, -0.25) is 0 Å². The Kier molecular flexibility index (Phi) is 3.87. The highest BCUT2D eigenvalue weighted by atomic mass is 15.0. The average Bonchev–Trinajstić information content (AvgIpc) is 3.08. The van der Waals surface area contributed by atoms with Crippen LogP contribution in [-0.2, 0) is 7.05 Å². The zero-order chi connectivity index (χ0) is 21.1. The van der Waals surface area contributed by atoms with E-state index in [0.717, 1.165) is 28.1 Å². The summed E-state index contributed by atoms with van der Waals surface area (Å²) in [5.41, 5.74) is 5.44. The molecule has 0 aliphatic carbocycles. The van der Waals surface area contributed by atoms with Gasteiger partial charge < -0.3 is 4.57 Å². The largest absolute Gasteiger partial charge is 0.340 e. The fourth-order valence-corrected chi connectivity index (χ4v) is 4.59. The highest BCUT2D eigenvalue weighted by molar-refractivity contribution is 6.13. The Bertz CT molecular complexity index is 1620. The minimum Gasteiger partial charge on any atom is -0.340 e. The predicted molar refractivity (Wildman–Crippen MR) is 131 cm³/mol. The van der Waals surface area contributed by atoms with Crippen LogP contribution in [0, 0.1) is 0 Å². The summed E-state index contributed by atoms with van der Waals surface area (Å²) < 4.78 is 2.26. The molecule has 6 rings (SSSR count). The second-order valence-corrected chi connectivity index (χ2v) is 8.62. The molecule has 0 spiro atoms. The quantitative estimate of drug-likeness (QED) is 0.307. The summed E-state index contributed by atoms with van der Waals surface area (Å²) in [5.74, 6) is 1.13. The Morgan fingerprint density at radius 1 is 0.710 bits per heavy atom. The van der Waals surface area contributed by atoms with Gasteiger partial charge in [0.05, 0.1) is 16.7 Å². The molecule has 3 nitrogen and oxygen atoms in total.